The van der Waals surface area contributed by atoms with Gasteiger partial charge < -0.3 is 26.1 Å². The van der Waals surface area contributed by atoms with E-state index in [-0.39, 0.29) is 11.8 Å². The van der Waals surface area contributed by atoms with Gasteiger partial charge in [-0.15, -0.1) is 0 Å². The SMILES string of the molecule is N/C(=N/O)c1ccc2c(c1)N(Cc1cccc3ccccc13)C(C(O)O)C2C1CCCCCCC1. The van der Waals surface area contributed by atoms with Gasteiger partial charge in [-0.1, -0.05) is 91.9 Å². The van der Waals surface area contributed by atoms with Gasteiger partial charge in [-0.2, -0.15) is 0 Å². The molecule has 2 aliphatic rings. The second-order valence-electron chi connectivity index (χ2n) is 10.1. The molecule has 5 N–H and O–H groups in total. The minimum atomic E-state index is -1.49. The molecule has 5 rings (SSSR count). The Morgan fingerprint density at radius 1 is 0.943 bits per heavy atom. The Hall–Kier alpha value is -3.09. The summed E-state index contributed by atoms with van der Waals surface area (Å²) in [6.07, 6.45) is 6.83. The predicted octanol–water partition coefficient (Wildman–Crippen LogP) is 5.08. The third kappa shape index (κ3) is 4.60. The molecule has 1 aliphatic heterocycles. The summed E-state index contributed by atoms with van der Waals surface area (Å²) in [4.78, 5) is 2.14. The van der Waals surface area contributed by atoms with Gasteiger partial charge in [0.05, 0.1) is 6.04 Å². The van der Waals surface area contributed by atoms with Crippen LogP contribution in [-0.4, -0.2) is 33.6 Å². The van der Waals surface area contributed by atoms with Crippen molar-refractivity contribution >= 4 is 22.3 Å². The van der Waals surface area contributed by atoms with Gasteiger partial charge in [0.15, 0.2) is 12.1 Å². The molecule has 0 bridgehead atoms. The van der Waals surface area contributed by atoms with E-state index in [9.17, 15) is 15.4 Å². The summed E-state index contributed by atoms with van der Waals surface area (Å²) in [5.41, 5.74) is 9.77. The average molecular weight is 474 g/mol. The van der Waals surface area contributed by atoms with Gasteiger partial charge in [0.2, 0.25) is 0 Å². The lowest BCUT2D eigenvalue weighted by Gasteiger charge is -2.36. The number of aliphatic hydroxyl groups excluding tert-OH is 1. The molecular formula is C29H35N3O3. The number of hydrogen-bond donors (Lipinski definition) is 4. The van der Waals surface area contributed by atoms with E-state index in [1.54, 1.807) is 0 Å². The van der Waals surface area contributed by atoms with Crippen LogP contribution in [0, 0.1) is 5.92 Å². The quantitative estimate of drug-likeness (QED) is 0.136. The van der Waals surface area contributed by atoms with Crippen LogP contribution in [0.1, 0.15) is 67.6 Å². The maximum absolute atomic E-state index is 10.8. The van der Waals surface area contributed by atoms with Crippen molar-refractivity contribution in [2.45, 2.75) is 69.7 Å². The van der Waals surface area contributed by atoms with E-state index >= 15 is 0 Å². The van der Waals surface area contributed by atoms with Crippen LogP contribution >= 0.6 is 0 Å². The molecule has 6 nitrogen and oxygen atoms in total. The summed E-state index contributed by atoms with van der Waals surface area (Å²) in [6, 6.07) is 20.0. The van der Waals surface area contributed by atoms with Crippen molar-refractivity contribution in [1.82, 2.24) is 0 Å². The summed E-state index contributed by atoms with van der Waals surface area (Å²) >= 11 is 0. The fourth-order valence-electron chi connectivity index (χ4n) is 6.36. The summed E-state index contributed by atoms with van der Waals surface area (Å²) in [6.45, 7) is 0.541. The maximum Gasteiger partial charge on any atom is 0.172 e. The number of rotatable bonds is 5. The molecule has 2 unspecified atom stereocenters. The third-order valence-corrected chi connectivity index (χ3v) is 8.01. The summed E-state index contributed by atoms with van der Waals surface area (Å²) in [5, 5.41) is 36.3. The van der Waals surface area contributed by atoms with Crippen molar-refractivity contribution in [3.63, 3.8) is 0 Å². The van der Waals surface area contributed by atoms with Crippen molar-refractivity contribution < 1.29 is 15.4 Å². The summed E-state index contributed by atoms with van der Waals surface area (Å²) in [5.74, 6) is 0.445. The van der Waals surface area contributed by atoms with Gasteiger partial charge in [0.25, 0.3) is 0 Å². The molecule has 1 heterocycles. The first-order chi connectivity index (χ1) is 17.1. The van der Waals surface area contributed by atoms with Crippen LogP contribution in [0.2, 0.25) is 0 Å². The Morgan fingerprint density at radius 3 is 2.40 bits per heavy atom. The van der Waals surface area contributed by atoms with Gasteiger partial charge in [-0.25, -0.2) is 0 Å². The first kappa shape index (κ1) is 23.6. The molecule has 0 aromatic heterocycles. The first-order valence-corrected chi connectivity index (χ1v) is 12.8. The van der Waals surface area contributed by atoms with Gasteiger partial charge in [-0.3, -0.25) is 0 Å². The highest BCUT2D eigenvalue weighted by molar-refractivity contribution is 5.98. The van der Waals surface area contributed by atoms with E-state index in [1.165, 1.54) is 32.1 Å². The van der Waals surface area contributed by atoms with Crippen molar-refractivity contribution in [3.05, 3.63) is 77.4 Å². The van der Waals surface area contributed by atoms with E-state index < -0.39 is 12.3 Å². The van der Waals surface area contributed by atoms with Crippen LogP contribution < -0.4 is 10.6 Å². The largest absolute Gasteiger partial charge is 0.409 e. The van der Waals surface area contributed by atoms with Crippen LogP contribution in [-0.2, 0) is 6.54 Å². The second kappa shape index (κ2) is 10.3. The van der Waals surface area contributed by atoms with Gasteiger partial charge in [0.1, 0.15) is 0 Å². The Labute approximate surface area is 206 Å². The zero-order valence-electron chi connectivity index (χ0n) is 20.1. The minimum Gasteiger partial charge on any atom is -0.409 e. The summed E-state index contributed by atoms with van der Waals surface area (Å²) < 4.78 is 0. The Morgan fingerprint density at radius 2 is 1.66 bits per heavy atom. The number of fused-ring (bicyclic) bond motifs is 2. The normalized spacial score (nSPS) is 21.8. The number of hydrogen-bond acceptors (Lipinski definition) is 5. The zero-order chi connectivity index (χ0) is 24.4. The summed E-state index contributed by atoms with van der Waals surface area (Å²) in [7, 11) is 0. The highest BCUT2D eigenvalue weighted by Crippen LogP contribution is 2.50. The molecule has 0 radical (unpaired) electrons. The lowest BCUT2D eigenvalue weighted by Crippen LogP contribution is -2.45. The van der Waals surface area contributed by atoms with Crippen LogP contribution in [0.4, 0.5) is 5.69 Å². The molecule has 35 heavy (non-hydrogen) atoms. The van der Waals surface area contributed by atoms with Gasteiger partial charge in [0, 0.05) is 23.7 Å². The second-order valence-corrected chi connectivity index (χ2v) is 10.1. The minimum absolute atomic E-state index is 0.0133. The smallest absolute Gasteiger partial charge is 0.172 e. The number of oxime groups is 1. The molecule has 0 saturated heterocycles. The highest BCUT2D eigenvalue weighted by Gasteiger charge is 2.45. The van der Waals surface area contributed by atoms with Crippen molar-refractivity contribution in [1.29, 1.82) is 0 Å². The van der Waals surface area contributed by atoms with E-state index in [1.807, 2.05) is 30.3 Å². The van der Waals surface area contributed by atoms with Gasteiger partial charge >= 0.3 is 0 Å². The van der Waals surface area contributed by atoms with Crippen LogP contribution in [0.5, 0.6) is 0 Å². The third-order valence-electron chi connectivity index (χ3n) is 8.01. The fraction of sp³-hybridized carbons (Fsp3) is 0.414. The van der Waals surface area contributed by atoms with E-state index in [4.69, 9.17) is 5.73 Å². The van der Waals surface area contributed by atoms with Crippen molar-refractivity contribution in [2.24, 2.45) is 16.8 Å². The van der Waals surface area contributed by atoms with Crippen molar-refractivity contribution in [3.8, 4) is 0 Å². The standard InChI is InChI=1S/C29H35N3O3/c30-28(31-35)21-15-16-24-25(17-21)32(18-22-13-8-12-19-9-6-7-14-23(19)22)27(29(33)34)26(24)20-10-4-2-1-3-5-11-20/h6-9,12-17,20,26-27,29,33-35H,1-5,10-11,18H2,(H2,30,31). The molecule has 0 spiro atoms. The van der Waals surface area contributed by atoms with Crippen LogP contribution in [0.25, 0.3) is 10.8 Å². The molecule has 2 atom stereocenters. The van der Waals surface area contributed by atoms with Crippen LogP contribution in [0.15, 0.2) is 65.8 Å². The molecule has 3 aromatic rings. The lowest BCUT2D eigenvalue weighted by atomic mass is 9.76. The number of aliphatic hydroxyl groups is 2. The molecule has 1 saturated carbocycles. The molecule has 0 amide bonds. The average Bonchev–Trinajstić information content (AvgIpc) is 3.17. The molecule has 3 aromatic carbocycles. The van der Waals surface area contributed by atoms with E-state index in [0.29, 0.717) is 18.0 Å². The first-order valence-electron chi connectivity index (χ1n) is 12.8. The Balaban J connectivity index is 1.61. The number of amidine groups is 1. The van der Waals surface area contributed by atoms with Crippen molar-refractivity contribution in [2.75, 3.05) is 4.90 Å². The molecule has 1 aliphatic carbocycles. The van der Waals surface area contributed by atoms with E-state index in [2.05, 4.69) is 40.4 Å². The number of nitrogens with two attached hydrogens (primary N) is 1. The van der Waals surface area contributed by atoms with Crippen LogP contribution in [0.3, 0.4) is 0 Å². The molecule has 6 heteroatoms. The predicted molar refractivity (Wildman–Crippen MR) is 140 cm³/mol. The lowest BCUT2D eigenvalue weighted by molar-refractivity contribution is -0.0681. The molecular weight excluding hydrogens is 438 g/mol. The molecule has 184 valence electrons. The number of anilines is 1. The topological polar surface area (TPSA) is 102 Å². The Bertz CT molecular complexity index is 1200. The molecule has 1 fully saturated rings. The maximum atomic E-state index is 10.8. The monoisotopic (exact) mass is 473 g/mol. The fourth-order valence-corrected chi connectivity index (χ4v) is 6.36. The van der Waals surface area contributed by atoms with E-state index in [0.717, 1.165) is 40.4 Å². The highest BCUT2D eigenvalue weighted by atomic mass is 16.5. The Kier molecular flexibility index (Phi) is 6.93. The van der Waals surface area contributed by atoms with Gasteiger partial charge in [-0.05, 0) is 46.7 Å². The number of nitrogens with zero attached hydrogens (tertiary/aromatic N) is 2. The number of benzene rings is 3. The zero-order valence-corrected chi connectivity index (χ0v) is 20.1.